The van der Waals surface area contributed by atoms with Gasteiger partial charge in [0.25, 0.3) is 0 Å². The Balaban J connectivity index is 0.000000921. The fraction of sp³-hybridized carbons (Fsp3) is 0.333. The Kier molecular flexibility index (Phi) is 12.1. The molecule has 0 fully saturated rings. The third-order valence-electron chi connectivity index (χ3n) is 1.67. The molecule has 0 unspecified atom stereocenters. The molecule has 0 N–H and O–H groups in total. The van der Waals surface area contributed by atoms with Crippen LogP contribution in [0.1, 0.15) is 18.9 Å². The van der Waals surface area contributed by atoms with Crippen LogP contribution in [-0.2, 0) is 27.7 Å². The summed E-state index contributed by atoms with van der Waals surface area (Å²) in [4.78, 5) is 0. The molecule has 0 amide bonds. The van der Waals surface area contributed by atoms with Crippen LogP contribution < -0.4 is 0 Å². The first kappa shape index (κ1) is 15.0. The first-order valence-corrected chi connectivity index (χ1v) is 11.8. The van der Waals surface area contributed by atoms with Crippen molar-refractivity contribution in [2.45, 2.75) is 20.0 Å². The molecule has 1 rings (SSSR count). The number of halogens is 1. The van der Waals surface area contributed by atoms with Gasteiger partial charge in [-0.15, -0.1) is 5.56 Å². The van der Waals surface area contributed by atoms with Gasteiger partial charge in [0.1, 0.15) is 0 Å². The standard InChI is InChI=1S/C12H15O.BrH.Zn/c1-2-3-7-10-13-11-12-8-5-4-6-9-12;;/h3,5-9H,2,10-11H2,1H3;1H;/q-1;;+2/p-1/b7-3-;;. The Morgan fingerprint density at radius 2 is 2.00 bits per heavy atom. The quantitative estimate of drug-likeness (QED) is 0.347. The average Bonchev–Trinajstić information content (AvgIpc) is 2.33. The number of hydrogen-bond donors (Lipinski definition) is 0. The average molecular weight is 321 g/mol. The van der Waals surface area contributed by atoms with E-state index in [1.165, 1.54) is 21.9 Å². The summed E-state index contributed by atoms with van der Waals surface area (Å²) >= 11 is 4.25. The second kappa shape index (κ2) is 12.1. The molecule has 1 nitrogen and oxygen atoms in total. The molecule has 0 saturated carbocycles. The summed E-state index contributed by atoms with van der Waals surface area (Å²) in [5, 5.41) is 0. The Morgan fingerprint density at radius 1 is 1.33 bits per heavy atom. The van der Waals surface area contributed by atoms with E-state index in [4.69, 9.17) is 4.74 Å². The number of rotatable bonds is 5. The van der Waals surface area contributed by atoms with Crippen molar-refractivity contribution in [2.24, 2.45) is 0 Å². The zero-order valence-corrected chi connectivity index (χ0v) is 13.6. The van der Waals surface area contributed by atoms with Crippen LogP contribution in [0.15, 0.2) is 36.4 Å². The van der Waals surface area contributed by atoms with E-state index in [0.29, 0.717) is 13.2 Å². The van der Waals surface area contributed by atoms with Gasteiger partial charge in [0.2, 0.25) is 0 Å². The predicted octanol–water partition coefficient (Wildman–Crippen LogP) is 3.81. The van der Waals surface area contributed by atoms with Crippen LogP contribution in [0.3, 0.4) is 0 Å². The van der Waals surface area contributed by atoms with Crippen molar-refractivity contribution in [2.75, 3.05) is 6.61 Å². The molecule has 78 valence electrons. The van der Waals surface area contributed by atoms with Crippen molar-refractivity contribution in [1.29, 1.82) is 0 Å². The van der Waals surface area contributed by atoms with Crippen LogP contribution >= 0.6 is 13.6 Å². The van der Waals surface area contributed by atoms with E-state index in [1.807, 2.05) is 24.3 Å². The van der Waals surface area contributed by atoms with E-state index in [0.717, 1.165) is 6.42 Å². The van der Waals surface area contributed by atoms with Gasteiger partial charge in [-0.3, -0.25) is 0 Å². The van der Waals surface area contributed by atoms with E-state index in [1.54, 1.807) is 0 Å². The van der Waals surface area contributed by atoms with Gasteiger partial charge in [-0.2, -0.15) is 30.3 Å². The summed E-state index contributed by atoms with van der Waals surface area (Å²) in [6.07, 6.45) is 5.23. The Labute approximate surface area is 109 Å². The SMILES string of the molecule is CC/C=C\COCc1cc[c-]cc1.[Zn+][Br]. The van der Waals surface area contributed by atoms with Crippen LogP contribution in [0, 0.1) is 6.07 Å². The fourth-order valence-electron chi connectivity index (χ4n) is 0.997. The van der Waals surface area contributed by atoms with Gasteiger partial charge >= 0.3 is 30.0 Å². The molecule has 15 heavy (non-hydrogen) atoms. The van der Waals surface area contributed by atoms with E-state index < -0.39 is 0 Å². The third kappa shape index (κ3) is 8.98. The number of benzene rings is 1. The molecule has 0 aliphatic heterocycles. The summed E-state index contributed by atoms with van der Waals surface area (Å²) < 4.78 is 5.42. The second-order valence-corrected chi connectivity index (χ2v) is 2.80. The summed E-state index contributed by atoms with van der Waals surface area (Å²) in [7, 11) is 0. The van der Waals surface area contributed by atoms with Gasteiger partial charge in [-0.05, 0) is 6.42 Å². The molecular formula is C12H15BrOZn. The maximum atomic E-state index is 5.42. The number of allylic oxidation sites excluding steroid dienone is 1. The van der Waals surface area contributed by atoms with Gasteiger partial charge in [0.05, 0.1) is 13.2 Å². The van der Waals surface area contributed by atoms with Gasteiger partial charge in [-0.1, -0.05) is 19.1 Å². The molecule has 0 bridgehead atoms. The van der Waals surface area contributed by atoms with E-state index in [2.05, 4.69) is 38.8 Å². The second-order valence-electron chi connectivity index (χ2n) is 2.80. The van der Waals surface area contributed by atoms with Gasteiger partial charge in [0.15, 0.2) is 0 Å². The van der Waals surface area contributed by atoms with Crippen molar-refractivity contribution in [3.8, 4) is 0 Å². The van der Waals surface area contributed by atoms with Crippen LogP contribution in [0.4, 0.5) is 0 Å². The Hall–Kier alpha value is 0.0234. The summed E-state index contributed by atoms with van der Waals surface area (Å²) in [5.74, 6) is 0. The number of hydrogen-bond acceptors (Lipinski definition) is 1. The molecule has 0 spiro atoms. The topological polar surface area (TPSA) is 9.23 Å². The molecule has 0 aromatic heterocycles. The van der Waals surface area contributed by atoms with Crippen molar-refractivity contribution < 1.29 is 21.1 Å². The van der Waals surface area contributed by atoms with Crippen molar-refractivity contribution in [3.63, 3.8) is 0 Å². The molecule has 0 aliphatic rings. The third-order valence-corrected chi connectivity index (χ3v) is 1.67. The zero-order chi connectivity index (χ0) is 11.4. The van der Waals surface area contributed by atoms with Crippen LogP contribution in [0.2, 0.25) is 0 Å². The normalized spacial score (nSPS) is 9.87. The fourth-order valence-corrected chi connectivity index (χ4v) is 0.997. The van der Waals surface area contributed by atoms with Crippen molar-refractivity contribution >= 4 is 13.6 Å². The van der Waals surface area contributed by atoms with Crippen LogP contribution in [-0.4, -0.2) is 6.61 Å². The summed E-state index contributed by atoms with van der Waals surface area (Å²) in [6, 6.07) is 10.8. The van der Waals surface area contributed by atoms with Crippen molar-refractivity contribution in [1.82, 2.24) is 0 Å². The monoisotopic (exact) mass is 318 g/mol. The molecule has 3 heteroatoms. The minimum atomic E-state index is 0.683. The first-order valence-electron chi connectivity index (χ1n) is 4.88. The Bertz CT molecular complexity index is 249. The first-order chi connectivity index (χ1) is 7.43. The Morgan fingerprint density at radius 3 is 2.60 bits per heavy atom. The molecule has 0 heterocycles. The van der Waals surface area contributed by atoms with Crippen LogP contribution in [0.25, 0.3) is 0 Å². The van der Waals surface area contributed by atoms with Gasteiger partial charge in [-0.25, -0.2) is 0 Å². The molecule has 0 radical (unpaired) electrons. The molecule has 0 aliphatic carbocycles. The van der Waals surface area contributed by atoms with E-state index >= 15 is 0 Å². The summed E-state index contributed by atoms with van der Waals surface area (Å²) in [5.41, 5.74) is 1.20. The maximum absolute atomic E-state index is 5.42. The molecule has 1 aromatic rings. The molecule has 0 atom stereocenters. The van der Waals surface area contributed by atoms with Crippen LogP contribution in [0.5, 0.6) is 0 Å². The zero-order valence-electron chi connectivity index (χ0n) is 9.08. The molecule has 1 aromatic carbocycles. The van der Waals surface area contributed by atoms with E-state index in [9.17, 15) is 0 Å². The van der Waals surface area contributed by atoms with Gasteiger partial charge < -0.3 is 4.74 Å². The van der Waals surface area contributed by atoms with E-state index in [-0.39, 0.29) is 0 Å². The molecular weight excluding hydrogens is 305 g/mol. The summed E-state index contributed by atoms with van der Waals surface area (Å²) in [6.45, 7) is 3.50. The predicted molar refractivity (Wildman–Crippen MR) is 63.3 cm³/mol. The minimum absolute atomic E-state index is 0.683. The van der Waals surface area contributed by atoms with Crippen molar-refractivity contribution in [3.05, 3.63) is 48.0 Å². The van der Waals surface area contributed by atoms with Gasteiger partial charge in [0, 0.05) is 0 Å². The number of ether oxygens (including phenoxy) is 1. The molecule has 0 saturated heterocycles.